The summed E-state index contributed by atoms with van der Waals surface area (Å²) >= 11 is 6.66. The van der Waals surface area contributed by atoms with E-state index in [1.54, 1.807) is 24.3 Å². The van der Waals surface area contributed by atoms with E-state index >= 15 is 0 Å². The van der Waals surface area contributed by atoms with Gasteiger partial charge in [0.1, 0.15) is 4.90 Å². The van der Waals surface area contributed by atoms with Crippen molar-refractivity contribution in [2.24, 2.45) is 0 Å². The molecule has 0 heterocycles. The molecule has 0 fully saturated rings. The molecule has 0 atom stereocenters. The van der Waals surface area contributed by atoms with Crippen LogP contribution < -0.4 is 4.31 Å². The first kappa shape index (κ1) is 16.5. The van der Waals surface area contributed by atoms with Crippen LogP contribution in [0.5, 0.6) is 0 Å². The Labute approximate surface area is 142 Å². The number of anilines is 1. The molecule has 0 bridgehead atoms. The zero-order chi connectivity index (χ0) is 15.6. The topological polar surface area (TPSA) is 37.4 Å². The van der Waals surface area contributed by atoms with Crippen molar-refractivity contribution in [3.63, 3.8) is 0 Å². The highest BCUT2D eigenvalue weighted by Crippen LogP contribution is 2.30. The van der Waals surface area contributed by atoms with E-state index in [0.717, 1.165) is 10.0 Å². The molecule has 0 radical (unpaired) electrons. The van der Waals surface area contributed by atoms with Crippen molar-refractivity contribution < 1.29 is 8.42 Å². The molecule has 112 valence electrons. The van der Waals surface area contributed by atoms with Gasteiger partial charge in [-0.2, -0.15) is 0 Å². The van der Waals surface area contributed by atoms with Gasteiger partial charge in [0.05, 0.1) is 5.69 Å². The quantitative estimate of drug-likeness (QED) is 0.699. The number of sulfonamides is 1. The van der Waals surface area contributed by atoms with E-state index in [-0.39, 0.29) is 4.90 Å². The maximum atomic E-state index is 12.9. The maximum absolute atomic E-state index is 12.9. The minimum atomic E-state index is -3.60. The number of halogens is 2. The van der Waals surface area contributed by atoms with Gasteiger partial charge >= 0.3 is 0 Å². The summed E-state index contributed by atoms with van der Waals surface area (Å²) in [5.41, 5.74) is 1.70. The lowest BCUT2D eigenvalue weighted by atomic mass is 10.2. The van der Waals surface area contributed by atoms with Gasteiger partial charge < -0.3 is 0 Å². The van der Waals surface area contributed by atoms with Crippen molar-refractivity contribution in [2.75, 3.05) is 10.8 Å². The summed E-state index contributed by atoms with van der Waals surface area (Å²) in [7, 11) is -3.60. The van der Waals surface area contributed by atoms with Gasteiger partial charge in [-0.1, -0.05) is 28.1 Å². The van der Waals surface area contributed by atoms with Crippen LogP contribution in [0.3, 0.4) is 0 Å². The first-order chi connectivity index (χ1) is 9.86. The molecule has 0 aromatic heterocycles. The molecule has 2 rings (SSSR count). The zero-order valence-corrected chi connectivity index (χ0v) is 15.7. The molecule has 0 aliphatic rings. The molecule has 2 aromatic rings. The van der Waals surface area contributed by atoms with Gasteiger partial charge in [0.15, 0.2) is 0 Å². The first-order valence-corrected chi connectivity index (χ1v) is 9.43. The average molecular weight is 433 g/mol. The molecule has 6 heteroatoms. The zero-order valence-electron chi connectivity index (χ0n) is 11.7. The standard InChI is InChI=1S/C15H15Br2NO2S/c1-3-18(13-6-4-5-11(2)9-13)21(19,20)15-8-7-12(16)10-14(15)17/h4-10H,3H2,1-2H3. The van der Waals surface area contributed by atoms with Crippen LogP contribution in [0.25, 0.3) is 0 Å². The summed E-state index contributed by atoms with van der Waals surface area (Å²) in [4.78, 5) is 0.258. The fourth-order valence-electron chi connectivity index (χ4n) is 2.08. The number of hydrogen-bond donors (Lipinski definition) is 0. The van der Waals surface area contributed by atoms with E-state index in [2.05, 4.69) is 31.9 Å². The van der Waals surface area contributed by atoms with E-state index in [1.165, 1.54) is 4.31 Å². The number of aryl methyl sites for hydroxylation is 1. The Morgan fingerprint density at radius 2 is 1.81 bits per heavy atom. The van der Waals surface area contributed by atoms with Crippen LogP contribution in [-0.2, 0) is 10.0 Å². The Balaban J connectivity index is 2.54. The van der Waals surface area contributed by atoms with Crippen LogP contribution in [0.15, 0.2) is 56.3 Å². The SMILES string of the molecule is CCN(c1cccc(C)c1)S(=O)(=O)c1ccc(Br)cc1Br. The normalized spacial score (nSPS) is 11.4. The minimum absolute atomic E-state index is 0.258. The van der Waals surface area contributed by atoms with Crippen LogP contribution in [0.2, 0.25) is 0 Å². The molecule has 0 spiro atoms. The van der Waals surface area contributed by atoms with Crippen molar-refractivity contribution in [2.45, 2.75) is 18.7 Å². The van der Waals surface area contributed by atoms with E-state index in [9.17, 15) is 8.42 Å². The Bertz CT molecular complexity index is 760. The molecule has 0 aliphatic carbocycles. The van der Waals surface area contributed by atoms with Gasteiger partial charge in [-0.25, -0.2) is 8.42 Å². The number of benzene rings is 2. The van der Waals surface area contributed by atoms with Crippen molar-refractivity contribution in [3.05, 3.63) is 57.0 Å². The summed E-state index contributed by atoms with van der Waals surface area (Å²) in [6.07, 6.45) is 0. The van der Waals surface area contributed by atoms with Crippen LogP contribution in [0.1, 0.15) is 12.5 Å². The molecule has 0 unspecified atom stereocenters. The van der Waals surface area contributed by atoms with E-state index < -0.39 is 10.0 Å². The molecule has 0 N–H and O–H groups in total. The smallest absolute Gasteiger partial charge is 0.265 e. The average Bonchev–Trinajstić information content (AvgIpc) is 2.38. The fourth-order valence-corrected chi connectivity index (χ4v) is 5.25. The highest BCUT2D eigenvalue weighted by molar-refractivity contribution is 9.11. The Hall–Kier alpha value is -0.850. The molecular weight excluding hydrogens is 418 g/mol. The van der Waals surface area contributed by atoms with Gasteiger partial charge in [0, 0.05) is 15.5 Å². The maximum Gasteiger partial charge on any atom is 0.265 e. The highest BCUT2D eigenvalue weighted by Gasteiger charge is 2.25. The number of nitrogens with zero attached hydrogens (tertiary/aromatic N) is 1. The van der Waals surface area contributed by atoms with Gasteiger partial charge in [0.25, 0.3) is 10.0 Å². The molecule has 0 saturated heterocycles. The molecule has 2 aromatic carbocycles. The third-order valence-corrected chi connectivity index (χ3v) is 6.41. The second-order valence-corrected chi connectivity index (χ2v) is 8.18. The molecular formula is C15H15Br2NO2S. The lowest BCUT2D eigenvalue weighted by Gasteiger charge is -2.24. The van der Waals surface area contributed by atoms with E-state index in [1.807, 2.05) is 32.0 Å². The lowest BCUT2D eigenvalue weighted by Crippen LogP contribution is -2.31. The summed E-state index contributed by atoms with van der Waals surface area (Å²) in [5.74, 6) is 0. The van der Waals surface area contributed by atoms with Crippen LogP contribution in [0, 0.1) is 6.92 Å². The van der Waals surface area contributed by atoms with Gasteiger partial charge in [-0.3, -0.25) is 4.31 Å². The molecule has 21 heavy (non-hydrogen) atoms. The monoisotopic (exact) mass is 431 g/mol. The Kier molecular flexibility index (Phi) is 5.11. The predicted octanol–water partition coefficient (Wildman–Crippen LogP) is 4.74. The van der Waals surface area contributed by atoms with Crippen molar-refractivity contribution in [1.29, 1.82) is 0 Å². The van der Waals surface area contributed by atoms with Gasteiger partial charge in [0.2, 0.25) is 0 Å². The molecule has 0 saturated carbocycles. The Morgan fingerprint density at radius 3 is 2.38 bits per heavy atom. The van der Waals surface area contributed by atoms with Crippen LogP contribution >= 0.6 is 31.9 Å². The predicted molar refractivity (Wildman–Crippen MR) is 93.2 cm³/mol. The third-order valence-electron chi connectivity index (χ3n) is 3.04. The lowest BCUT2D eigenvalue weighted by molar-refractivity contribution is 0.591. The molecule has 3 nitrogen and oxygen atoms in total. The summed E-state index contributed by atoms with van der Waals surface area (Å²) in [6, 6.07) is 12.5. The van der Waals surface area contributed by atoms with Gasteiger partial charge in [-0.15, -0.1) is 0 Å². The second kappa shape index (κ2) is 6.50. The van der Waals surface area contributed by atoms with Crippen molar-refractivity contribution >= 4 is 47.6 Å². The fraction of sp³-hybridized carbons (Fsp3) is 0.200. The first-order valence-electron chi connectivity index (χ1n) is 6.40. The van der Waals surface area contributed by atoms with E-state index in [4.69, 9.17) is 0 Å². The van der Waals surface area contributed by atoms with Crippen LogP contribution in [0.4, 0.5) is 5.69 Å². The Morgan fingerprint density at radius 1 is 1.10 bits per heavy atom. The van der Waals surface area contributed by atoms with E-state index in [0.29, 0.717) is 16.7 Å². The largest absolute Gasteiger partial charge is 0.267 e. The molecule has 0 aliphatic heterocycles. The number of hydrogen-bond acceptors (Lipinski definition) is 2. The van der Waals surface area contributed by atoms with Crippen molar-refractivity contribution in [1.82, 2.24) is 0 Å². The second-order valence-electron chi connectivity index (χ2n) is 4.58. The molecule has 0 amide bonds. The summed E-state index contributed by atoms with van der Waals surface area (Å²) in [5, 5.41) is 0. The van der Waals surface area contributed by atoms with Crippen molar-refractivity contribution in [3.8, 4) is 0 Å². The summed E-state index contributed by atoms with van der Waals surface area (Å²) in [6.45, 7) is 4.14. The minimum Gasteiger partial charge on any atom is -0.267 e. The third kappa shape index (κ3) is 3.49. The highest BCUT2D eigenvalue weighted by atomic mass is 79.9. The van der Waals surface area contributed by atoms with Gasteiger partial charge in [-0.05, 0) is 65.7 Å². The van der Waals surface area contributed by atoms with Crippen LogP contribution in [-0.4, -0.2) is 15.0 Å². The summed E-state index contributed by atoms with van der Waals surface area (Å²) < 4.78 is 28.6. The number of rotatable bonds is 4.